The molecule has 26 heavy (non-hydrogen) atoms. The minimum absolute atomic E-state index is 0.293. The van der Waals surface area contributed by atoms with Gasteiger partial charge in [-0.1, -0.05) is 6.42 Å². The Morgan fingerprint density at radius 3 is 2.73 bits per heavy atom. The van der Waals surface area contributed by atoms with E-state index in [0.29, 0.717) is 12.6 Å². The first kappa shape index (κ1) is 19.1. The number of ether oxygens (including phenoxy) is 1. The van der Waals surface area contributed by atoms with Gasteiger partial charge in [0.2, 0.25) is 0 Å². The summed E-state index contributed by atoms with van der Waals surface area (Å²) < 4.78 is 7.69. The zero-order valence-electron chi connectivity index (χ0n) is 16.2. The summed E-state index contributed by atoms with van der Waals surface area (Å²) in [6, 6.07) is 0. The lowest BCUT2D eigenvalue weighted by Crippen LogP contribution is -2.44. The lowest BCUT2D eigenvalue weighted by atomic mass is 10.1. The number of hydrogen-bond acceptors (Lipinski definition) is 5. The number of guanidine groups is 1. The molecule has 2 saturated heterocycles. The van der Waals surface area contributed by atoms with Gasteiger partial charge in [-0.15, -0.1) is 10.2 Å². The molecule has 1 aromatic heterocycles. The second kappa shape index (κ2) is 9.87. The molecule has 3 heterocycles. The summed E-state index contributed by atoms with van der Waals surface area (Å²) in [5.74, 6) is 2.61. The summed E-state index contributed by atoms with van der Waals surface area (Å²) in [5, 5.41) is 15.2. The number of piperidine rings is 1. The zero-order chi connectivity index (χ0) is 18.2. The highest BCUT2D eigenvalue weighted by atomic mass is 16.5. The maximum Gasteiger partial charge on any atom is 0.191 e. The molecule has 0 aliphatic carbocycles. The maximum atomic E-state index is 5.71. The van der Waals surface area contributed by atoms with Crippen LogP contribution in [0.5, 0.6) is 0 Å². The van der Waals surface area contributed by atoms with Crippen molar-refractivity contribution in [2.24, 2.45) is 12.0 Å². The van der Waals surface area contributed by atoms with Gasteiger partial charge >= 0.3 is 0 Å². The van der Waals surface area contributed by atoms with E-state index in [2.05, 4.69) is 25.7 Å². The standard InChI is InChI=1S/C18H33N7O/c1-15-22-23-17(24(15)2)14-21-18(20-13-16-7-6-12-26-16)19-8-11-25-9-4-3-5-10-25/h16H,3-14H2,1-2H3,(H2,19,20,21). The van der Waals surface area contributed by atoms with E-state index in [4.69, 9.17) is 9.73 Å². The first-order valence-electron chi connectivity index (χ1n) is 9.93. The van der Waals surface area contributed by atoms with Gasteiger partial charge in [0.15, 0.2) is 11.8 Å². The Balaban J connectivity index is 1.51. The van der Waals surface area contributed by atoms with Crippen LogP contribution in [-0.2, 0) is 18.3 Å². The van der Waals surface area contributed by atoms with E-state index >= 15 is 0 Å². The van der Waals surface area contributed by atoms with Crippen LogP contribution in [-0.4, -0.2) is 71.1 Å². The largest absolute Gasteiger partial charge is 0.376 e. The lowest BCUT2D eigenvalue weighted by molar-refractivity contribution is 0.113. The first-order chi connectivity index (χ1) is 12.7. The van der Waals surface area contributed by atoms with E-state index in [1.165, 1.54) is 32.4 Å². The quantitative estimate of drug-likeness (QED) is 0.552. The average Bonchev–Trinajstić information content (AvgIpc) is 3.29. The molecular weight excluding hydrogens is 330 g/mol. The fraction of sp³-hybridized carbons (Fsp3) is 0.833. The summed E-state index contributed by atoms with van der Waals surface area (Å²) in [6.45, 7) is 8.53. The Morgan fingerprint density at radius 1 is 1.19 bits per heavy atom. The predicted octanol–water partition coefficient (Wildman–Crippen LogP) is 0.824. The number of aromatic nitrogens is 3. The van der Waals surface area contributed by atoms with Gasteiger partial charge in [0.05, 0.1) is 6.10 Å². The molecule has 1 unspecified atom stereocenters. The van der Waals surface area contributed by atoms with Crippen molar-refractivity contribution in [2.45, 2.75) is 51.7 Å². The number of nitrogens with zero attached hydrogens (tertiary/aromatic N) is 5. The topological polar surface area (TPSA) is 79.6 Å². The zero-order valence-corrected chi connectivity index (χ0v) is 16.2. The molecular formula is C18H33N7O. The van der Waals surface area contributed by atoms with Gasteiger partial charge in [-0.3, -0.25) is 0 Å². The minimum Gasteiger partial charge on any atom is -0.376 e. The molecule has 2 aliphatic rings. The van der Waals surface area contributed by atoms with Crippen molar-refractivity contribution in [3.8, 4) is 0 Å². The number of hydrogen-bond donors (Lipinski definition) is 2. The molecule has 1 atom stereocenters. The first-order valence-corrected chi connectivity index (χ1v) is 9.93. The van der Waals surface area contributed by atoms with Gasteiger partial charge in [0, 0.05) is 33.3 Å². The van der Waals surface area contributed by atoms with Crippen LogP contribution in [0.4, 0.5) is 0 Å². The van der Waals surface area contributed by atoms with Crippen LogP contribution in [0.25, 0.3) is 0 Å². The maximum absolute atomic E-state index is 5.71. The molecule has 8 heteroatoms. The molecule has 3 rings (SSSR count). The van der Waals surface area contributed by atoms with Crippen molar-refractivity contribution < 1.29 is 4.74 Å². The van der Waals surface area contributed by atoms with E-state index in [-0.39, 0.29) is 0 Å². The molecule has 0 radical (unpaired) electrons. The third kappa shape index (κ3) is 5.67. The van der Waals surface area contributed by atoms with Crippen LogP contribution in [0.15, 0.2) is 4.99 Å². The van der Waals surface area contributed by atoms with Crippen molar-refractivity contribution in [2.75, 3.05) is 39.3 Å². The smallest absolute Gasteiger partial charge is 0.191 e. The Kier molecular flexibility index (Phi) is 7.25. The number of aliphatic imine (C=N–C) groups is 1. The monoisotopic (exact) mass is 363 g/mol. The van der Waals surface area contributed by atoms with Gasteiger partial charge in [0.25, 0.3) is 0 Å². The third-order valence-corrected chi connectivity index (χ3v) is 5.25. The van der Waals surface area contributed by atoms with Crippen molar-refractivity contribution >= 4 is 5.96 Å². The Bertz CT molecular complexity index is 574. The third-order valence-electron chi connectivity index (χ3n) is 5.25. The summed E-state index contributed by atoms with van der Waals surface area (Å²) in [5.41, 5.74) is 0. The van der Waals surface area contributed by atoms with E-state index in [0.717, 1.165) is 56.7 Å². The molecule has 8 nitrogen and oxygen atoms in total. The van der Waals surface area contributed by atoms with Crippen LogP contribution in [0, 0.1) is 6.92 Å². The van der Waals surface area contributed by atoms with Gasteiger partial charge in [-0.2, -0.15) is 0 Å². The Labute approximate surface area is 156 Å². The van der Waals surface area contributed by atoms with Crippen molar-refractivity contribution in [1.82, 2.24) is 30.3 Å². The van der Waals surface area contributed by atoms with Gasteiger partial charge in [-0.05, 0) is 45.7 Å². The highest BCUT2D eigenvalue weighted by Gasteiger charge is 2.16. The number of likely N-dealkylation sites (tertiary alicyclic amines) is 1. The van der Waals surface area contributed by atoms with Crippen molar-refractivity contribution in [1.29, 1.82) is 0 Å². The van der Waals surface area contributed by atoms with E-state index in [1.54, 1.807) is 0 Å². The molecule has 0 amide bonds. The number of rotatable bonds is 7. The highest BCUT2D eigenvalue weighted by Crippen LogP contribution is 2.10. The number of nitrogens with one attached hydrogen (secondary N) is 2. The van der Waals surface area contributed by atoms with Crippen LogP contribution in [0.1, 0.15) is 43.8 Å². The van der Waals surface area contributed by atoms with Crippen LogP contribution >= 0.6 is 0 Å². The minimum atomic E-state index is 0.293. The van der Waals surface area contributed by atoms with E-state index in [9.17, 15) is 0 Å². The summed E-state index contributed by atoms with van der Waals surface area (Å²) >= 11 is 0. The fourth-order valence-electron chi connectivity index (χ4n) is 3.44. The second-order valence-corrected chi connectivity index (χ2v) is 7.23. The molecule has 0 aromatic carbocycles. The number of aryl methyl sites for hydroxylation is 1. The van der Waals surface area contributed by atoms with Crippen LogP contribution in [0.2, 0.25) is 0 Å². The molecule has 1 aromatic rings. The molecule has 0 bridgehead atoms. The van der Waals surface area contributed by atoms with E-state index < -0.39 is 0 Å². The predicted molar refractivity (Wildman–Crippen MR) is 102 cm³/mol. The molecule has 2 aliphatic heterocycles. The Morgan fingerprint density at radius 2 is 2.04 bits per heavy atom. The molecule has 2 N–H and O–H groups in total. The highest BCUT2D eigenvalue weighted by molar-refractivity contribution is 5.79. The van der Waals surface area contributed by atoms with Crippen molar-refractivity contribution in [3.05, 3.63) is 11.6 Å². The van der Waals surface area contributed by atoms with E-state index in [1.807, 2.05) is 18.5 Å². The molecule has 146 valence electrons. The molecule has 0 saturated carbocycles. The summed E-state index contributed by atoms with van der Waals surface area (Å²) in [6.07, 6.45) is 6.58. The normalized spacial score (nSPS) is 21.9. The van der Waals surface area contributed by atoms with Crippen molar-refractivity contribution in [3.63, 3.8) is 0 Å². The average molecular weight is 364 g/mol. The Hall–Kier alpha value is -1.67. The molecule has 2 fully saturated rings. The lowest BCUT2D eigenvalue weighted by Gasteiger charge is -2.26. The fourth-order valence-corrected chi connectivity index (χ4v) is 3.44. The van der Waals surface area contributed by atoms with Gasteiger partial charge in [-0.25, -0.2) is 4.99 Å². The second-order valence-electron chi connectivity index (χ2n) is 7.23. The van der Waals surface area contributed by atoms with Gasteiger partial charge in [0.1, 0.15) is 12.4 Å². The molecule has 0 spiro atoms. The van der Waals surface area contributed by atoms with Crippen LogP contribution < -0.4 is 10.6 Å². The summed E-state index contributed by atoms with van der Waals surface area (Å²) in [4.78, 5) is 7.24. The summed E-state index contributed by atoms with van der Waals surface area (Å²) in [7, 11) is 1.98. The van der Waals surface area contributed by atoms with Crippen LogP contribution in [0.3, 0.4) is 0 Å². The SMILES string of the molecule is Cc1nnc(CN=C(NCCN2CCCCC2)NCC2CCCO2)n1C. The van der Waals surface area contributed by atoms with Gasteiger partial charge < -0.3 is 24.8 Å².